The molecule has 18 heavy (non-hydrogen) atoms. The maximum Gasteiger partial charge on any atom is 0.255 e. The number of hydrogen-bond acceptors (Lipinski definition) is 3. The van der Waals surface area contributed by atoms with Gasteiger partial charge in [0.25, 0.3) is 5.91 Å². The zero-order valence-corrected chi connectivity index (χ0v) is 10.9. The third-order valence-corrected chi connectivity index (χ3v) is 3.17. The maximum atomic E-state index is 12.0. The van der Waals surface area contributed by atoms with Crippen molar-refractivity contribution in [1.82, 2.24) is 10.3 Å². The Bertz CT molecular complexity index is 402. The van der Waals surface area contributed by atoms with Gasteiger partial charge in [-0.15, -0.1) is 0 Å². The molecule has 2 rings (SSSR count). The molecule has 1 fully saturated rings. The van der Waals surface area contributed by atoms with Crippen molar-refractivity contribution in [3.63, 3.8) is 0 Å². The van der Waals surface area contributed by atoms with Gasteiger partial charge in [-0.2, -0.15) is 0 Å². The van der Waals surface area contributed by atoms with E-state index in [1.807, 2.05) is 6.92 Å². The van der Waals surface area contributed by atoms with E-state index in [0.717, 1.165) is 25.4 Å². The molecule has 1 amide bonds. The van der Waals surface area contributed by atoms with E-state index in [-0.39, 0.29) is 5.91 Å². The second-order valence-corrected chi connectivity index (χ2v) is 4.77. The Morgan fingerprint density at radius 1 is 1.50 bits per heavy atom. The number of rotatable bonds is 7. The molecule has 1 heterocycles. The summed E-state index contributed by atoms with van der Waals surface area (Å²) in [6.07, 6.45) is 6.77. The van der Waals surface area contributed by atoms with Crippen LogP contribution >= 0.6 is 0 Å². The van der Waals surface area contributed by atoms with Crippen LogP contribution in [0.1, 0.15) is 43.0 Å². The summed E-state index contributed by atoms with van der Waals surface area (Å²) in [6.45, 7) is 3.51. The van der Waals surface area contributed by atoms with E-state index < -0.39 is 0 Å². The highest BCUT2D eigenvalue weighted by atomic mass is 16.1. The average Bonchev–Trinajstić information content (AvgIpc) is 3.19. The summed E-state index contributed by atoms with van der Waals surface area (Å²) in [6, 6.07) is 3.60. The van der Waals surface area contributed by atoms with Crippen molar-refractivity contribution in [2.24, 2.45) is 5.92 Å². The number of nitrogens with zero attached hydrogens (tertiary/aromatic N) is 1. The molecule has 0 atom stereocenters. The van der Waals surface area contributed by atoms with Crippen molar-refractivity contribution in [2.75, 3.05) is 18.4 Å². The van der Waals surface area contributed by atoms with Crippen molar-refractivity contribution >= 4 is 11.7 Å². The van der Waals surface area contributed by atoms with E-state index in [0.29, 0.717) is 11.4 Å². The van der Waals surface area contributed by atoms with Crippen molar-refractivity contribution in [3.8, 4) is 0 Å². The van der Waals surface area contributed by atoms with Gasteiger partial charge in [0.05, 0.1) is 5.56 Å². The van der Waals surface area contributed by atoms with Crippen LogP contribution < -0.4 is 10.6 Å². The molecule has 1 aliphatic carbocycles. The van der Waals surface area contributed by atoms with Crippen LogP contribution in [0.2, 0.25) is 0 Å². The first kappa shape index (κ1) is 12.9. The molecule has 98 valence electrons. The predicted octanol–water partition coefficient (Wildman–Crippen LogP) is 2.43. The molecule has 0 spiro atoms. The van der Waals surface area contributed by atoms with Gasteiger partial charge in [0, 0.05) is 19.3 Å². The molecule has 2 N–H and O–H groups in total. The summed E-state index contributed by atoms with van der Waals surface area (Å²) in [5.41, 5.74) is 0.630. The van der Waals surface area contributed by atoms with E-state index in [1.165, 1.54) is 19.3 Å². The third-order valence-electron chi connectivity index (χ3n) is 3.17. The lowest BCUT2D eigenvalue weighted by atomic mass is 10.2. The molecule has 4 heteroatoms. The number of pyridine rings is 1. The fourth-order valence-corrected chi connectivity index (χ4v) is 1.99. The van der Waals surface area contributed by atoms with Gasteiger partial charge in [0.15, 0.2) is 0 Å². The zero-order chi connectivity index (χ0) is 12.8. The van der Waals surface area contributed by atoms with Gasteiger partial charge in [0.1, 0.15) is 5.82 Å². The van der Waals surface area contributed by atoms with Crippen LogP contribution in [0.4, 0.5) is 5.82 Å². The monoisotopic (exact) mass is 247 g/mol. The Hall–Kier alpha value is -1.58. The molecular formula is C14H21N3O. The van der Waals surface area contributed by atoms with Crippen LogP contribution in [0.3, 0.4) is 0 Å². The Morgan fingerprint density at radius 3 is 3.06 bits per heavy atom. The first-order valence-electron chi connectivity index (χ1n) is 6.78. The first-order chi connectivity index (χ1) is 8.81. The summed E-state index contributed by atoms with van der Waals surface area (Å²) in [5.74, 6) is 1.56. The highest BCUT2D eigenvalue weighted by molar-refractivity contribution is 5.98. The van der Waals surface area contributed by atoms with Crippen LogP contribution in [-0.2, 0) is 0 Å². The molecule has 1 aromatic heterocycles. The summed E-state index contributed by atoms with van der Waals surface area (Å²) in [5, 5.41) is 6.07. The van der Waals surface area contributed by atoms with E-state index in [1.54, 1.807) is 18.3 Å². The number of hydrogen-bond donors (Lipinski definition) is 2. The molecule has 1 aliphatic rings. The molecule has 1 aromatic rings. The SMILES string of the molecule is CCNc1ncccc1C(=O)NCCCC1CC1. The molecule has 0 radical (unpaired) electrons. The highest BCUT2D eigenvalue weighted by Gasteiger charge is 2.20. The fourth-order valence-electron chi connectivity index (χ4n) is 1.99. The van der Waals surface area contributed by atoms with Crippen molar-refractivity contribution in [3.05, 3.63) is 23.9 Å². The predicted molar refractivity (Wildman–Crippen MR) is 72.7 cm³/mol. The quantitative estimate of drug-likeness (QED) is 0.728. The van der Waals surface area contributed by atoms with Gasteiger partial charge in [-0.3, -0.25) is 4.79 Å². The molecular weight excluding hydrogens is 226 g/mol. The third kappa shape index (κ3) is 3.72. The second-order valence-electron chi connectivity index (χ2n) is 4.77. The van der Waals surface area contributed by atoms with Crippen LogP contribution in [0.15, 0.2) is 18.3 Å². The summed E-state index contributed by atoms with van der Waals surface area (Å²) >= 11 is 0. The van der Waals surface area contributed by atoms with E-state index in [4.69, 9.17) is 0 Å². The Morgan fingerprint density at radius 2 is 2.33 bits per heavy atom. The molecule has 4 nitrogen and oxygen atoms in total. The van der Waals surface area contributed by atoms with Crippen LogP contribution in [-0.4, -0.2) is 24.0 Å². The number of amides is 1. The fraction of sp³-hybridized carbons (Fsp3) is 0.571. The van der Waals surface area contributed by atoms with Gasteiger partial charge in [-0.25, -0.2) is 4.98 Å². The van der Waals surface area contributed by atoms with Gasteiger partial charge in [-0.1, -0.05) is 12.8 Å². The largest absolute Gasteiger partial charge is 0.370 e. The van der Waals surface area contributed by atoms with Crippen molar-refractivity contribution in [2.45, 2.75) is 32.6 Å². The Kier molecular flexibility index (Phi) is 4.56. The van der Waals surface area contributed by atoms with Gasteiger partial charge < -0.3 is 10.6 Å². The average molecular weight is 247 g/mol. The lowest BCUT2D eigenvalue weighted by Crippen LogP contribution is -2.25. The lowest BCUT2D eigenvalue weighted by Gasteiger charge is -2.09. The minimum absolute atomic E-state index is 0.0325. The summed E-state index contributed by atoms with van der Waals surface area (Å²) in [7, 11) is 0. The number of nitrogens with one attached hydrogen (secondary N) is 2. The lowest BCUT2D eigenvalue weighted by molar-refractivity contribution is 0.0953. The first-order valence-corrected chi connectivity index (χ1v) is 6.78. The molecule has 1 saturated carbocycles. The summed E-state index contributed by atoms with van der Waals surface area (Å²) in [4.78, 5) is 16.2. The van der Waals surface area contributed by atoms with E-state index in [9.17, 15) is 4.79 Å². The van der Waals surface area contributed by atoms with E-state index >= 15 is 0 Å². The zero-order valence-electron chi connectivity index (χ0n) is 10.9. The van der Waals surface area contributed by atoms with Crippen LogP contribution in [0.25, 0.3) is 0 Å². The number of anilines is 1. The Labute approximate surface area is 108 Å². The standard InChI is InChI=1S/C14H21N3O/c1-2-15-13-12(6-4-9-16-13)14(18)17-10-3-5-11-7-8-11/h4,6,9,11H,2-3,5,7-8,10H2,1H3,(H,15,16)(H,17,18). The molecule has 0 aliphatic heterocycles. The number of carbonyl (C=O) groups excluding carboxylic acids is 1. The highest BCUT2D eigenvalue weighted by Crippen LogP contribution is 2.33. The minimum Gasteiger partial charge on any atom is -0.370 e. The molecule has 0 bridgehead atoms. The van der Waals surface area contributed by atoms with Crippen molar-refractivity contribution < 1.29 is 4.79 Å². The molecule has 0 unspecified atom stereocenters. The van der Waals surface area contributed by atoms with Crippen molar-refractivity contribution in [1.29, 1.82) is 0 Å². The number of carbonyl (C=O) groups is 1. The summed E-state index contributed by atoms with van der Waals surface area (Å²) < 4.78 is 0. The Balaban J connectivity index is 1.82. The molecule has 0 saturated heterocycles. The second kappa shape index (κ2) is 6.38. The topological polar surface area (TPSA) is 54.0 Å². The smallest absolute Gasteiger partial charge is 0.255 e. The van der Waals surface area contributed by atoms with Gasteiger partial charge >= 0.3 is 0 Å². The van der Waals surface area contributed by atoms with Gasteiger partial charge in [0.2, 0.25) is 0 Å². The van der Waals surface area contributed by atoms with E-state index in [2.05, 4.69) is 15.6 Å². The van der Waals surface area contributed by atoms with Crippen LogP contribution in [0.5, 0.6) is 0 Å². The van der Waals surface area contributed by atoms with Gasteiger partial charge in [-0.05, 0) is 37.8 Å². The molecule has 0 aromatic carbocycles. The minimum atomic E-state index is -0.0325. The van der Waals surface area contributed by atoms with Crippen LogP contribution in [0, 0.1) is 5.92 Å². The maximum absolute atomic E-state index is 12.0. The number of aromatic nitrogens is 1. The normalized spacial score (nSPS) is 14.3.